The van der Waals surface area contributed by atoms with E-state index in [2.05, 4.69) is 17.1 Å². The fraction of sp³-hybridized carbons (Fsp3) is 0.500. The van der Waals surface area contributed by atoms with E-state index < -0.39 is 0 Å². The summed E-state index contributed by atoms with van der Waals surface area (Å²) in [7, 11) is 2.20. The highest BCUT2D eigenvalue weighted by molar-refractivity contribution is 6.11. The van der Waals surface area contributed by atoms with Crippen LogP contribution in [0.3, 0.4) is 0 Å². The molecule has 1 atom stereocenters. The van der Waals surface area contributed by atoms with Crippen LogP contribution in [-0.2, 0) is 9.59 Å². The van der Waals surface area contributed by atoms with Gasteiger partial charge in [-0.2, -0.15) is 0 Å². The minimum atomic E-state index is -0.366. The van der Waals surface area contributed by atoms with Crippen molar-refractivity contribution in [2.45, 2.75) is 50.9 Å². The molecule has 5 rings (SSSR count). The Kier molecular flexibility index (Phi) is 5.96. The first kappa shape index (κ1) is 21.1. The highest BCUT2D eigenvalue weighted by Crippen LogP contribution is 2.37. The lowest BCUT2D eigenvalue weighted by molar-refractivity contribution is -0.130. The van der Waals surface area contributed by atoms with Crippen LogP contribution in [0.5, 0.6) is 5.75 Å². The maximum Gasteiger partial charge on any atom is 0.167 e. The summed E-state index contributed by atoms with van der Waals surface area (Å²) in [5.41, 5.74) is 1.33. The van der Waals surface area contributed by atoms with Gasteiger partial charge in [0, 0.05) is 6.42 Å². The Morgan fingerprint density at radius 1 is 1.12 bits per heavy atom. The molecule has 168 valence electrons. The van der Waals surface area contributed by atoms with Crippen LogP contribution < -0.4 is 4.74 Å². The van der Waals surface area contributed by atoms with Gasteiger partial charge < -0.3 is 14.2 Å². The lowest BCUT2D eigenvalue weighted by atomic mass is 9.83. The second kappa shape index (κ2) is 9.02. The Bertz CT molecular complexity index is 1140. The molecule has 6 heteroatoms. The molecule has 1 saturated heterocycles. The van der Waals surface area contributed by atoms with Gasteiger partial charge in [-0.3, -0.25) is 9.59 Å². The van der Waals surface area contributed by atoms with Gasteiger partial charge in [0.15, 0.2) is 5.58 Å². The van der Waals surface area contributed by atoms with E-state index >= 15 is 0 Å². The summed E-state index contributed by atoms with van der Waals surface area (Å²) in [4.78, 5) is 26.5. The molecule has 1 unspecified atom stereocenters. The topological polar surface area (TPSA) is 72.6 Å². The Labute approximate surface area is 187 Å². The van der Waals surface area contributed by atoms with Crippen molar-refractivity contribution in [3.63, 3.8) is 0 Å². The van der Waals surface area contributed by atoms with Crippen molar-refractivity contribution in [1.29, 1.82) is 0 Å². The zero-order valence-corrected chi connectivity index (χ0v) is 18.6. The molecule has 0 spiro atoms. The Balaban J connectivity index is 1.30. The number of ketones is 2. The second-order valence-electron chi connectivity index (χ2n) is 9.40. The number of aromatic nitrogens is 1. The molecule has 0 N–H and O–H groups in total. The lowest BCUT2D eigenvalue weighted by Crippen LogP contribution is -2.30. The minimum absolute atomic E-state index is 0.000663. The summed E-state index contributed by atoms with van der Waals surface area (Å²) >= 11 is 0. The molecule has 2 aromatic carbocycles. The van der Waals surface area contributed by atoms with Gasteiger partial charge in [0.05, 0.1) is 24.3 Å². The number of fused-ring (bicyclic) bond motifs is 3. The van der Waals surface area contributed by atoms with Crippen LogP contribution in [0, 0.1) is 5.92 Å². The van der Waals surface area contributed by atoms with E-state index in [-0.39, 0.29) is 23.9 Å². The van der Waals surface area contributed by atoms with Gasteiger partial charge in [-0.15, -0.1) is 0 Å². The van der Waals surface area contributed by atoms with E-state index in [1.165, 1.54) is 32.4 Å². The highest BCUT2D eigenvalue weighted by atomic mass is 16.5. The molecular formula is C26H30N2O4. The van der Waals surface area contributed by atoms with Crippen molar-refractivity contribution in [2.24, 2.45) is 5.92 Å². The number of benzene rings is 2. The predicted molar refractivity (Wildman–Crippen MR) is 123 cm³/mol. The largest absolute Gasteiger partial charge is 0.494 e. The molecule has 32 heavy (non-hydrogen) atoms. The van der Waals surface area contributed by atoms with Crippen molar-refractivity contribution in [1.82, 2.24) is 10.1 Å². The molecule has 1 saturated carbocycles. The number of Topliss-reactive ketones (excluding diaryl/α,β-unsaturated/α-hetero) is 2. The average Bonchev–Trinajstić information content (AvgIpc) is 3.22. The number of piperidine rings is 1. The summed E-state index contributed by atoms with van der Waals surface area (Å²) < 4.78 is 11.6. The standard InChI is InChI=1S/C26H30N2O4/c1-28-12-10-17(11-13-28)3-2-14-31-20-6-8-21-18(15-20)4-9-24-25(21)26(27-32-24)22-7-5-19(29)16-23(22)30/h4,6,8-9,15,17,22H,2-3,5,7,10-14,16H2,1H3. The third-order valence-electron chi connectivity index (χ3n) is 7.12. The van der Waals surface area contributed by atoms with E-state index in [4.69, 9.17) is 9.26 Å². The van der Waals surface area contributed by atoms with Gasteiger partial charge in [-0.25, -0.2) is 0 Å². The molecule has 2 heterocycles. The molecule has 0 amide bonds. The molecule has 2 aliphatic rings. The summed E-state index contributed by atoms with van der Waals surface area (Å²) in [5.74, 6) is 1.27. The van der Waals surface area contributed by atoms with Gasteiger partial charge in [0.1, 0.15) is 23.0 Å². The van der Waals surface area contributed by atoms with Crippen molar-refractivity contribution in [2.75, 3.05) is 26.7 Å². The Morgan fingerprint density at radius 3 is 2.78 bits per heavy atom. The average molecular weight is 435 g/mol. The minimum Gasteiger partial charge on any atom is -0.494 e. The first-order valence-electron chi connectivity index (χ1n) is 11.8. The molecule has 0 bridgehead atoms. The zero-order chi connectivity index (χ0) is 22.1. The predicted octanol–water partition coefficient (Wildman–Crippen LogP) is 4.89. The first-order chi connectivity index (χ1) is 15.6. The molecule has 2 fully saturated rings. The van der Waals surface area contributed by atoms with E-state index in [1.54, 1.807) is 0 Å². The number of rotatable bonds is 6. The fourth-order valence-electron chi connectivity index (χ4n) is 5.17. The van der Waals surface area contributed by atoms with E-state index in [1.807, 2.05) is 30.3 Å². The zero-order valence-electron chi connectivity index (χ0n) is 18.6. The number of likely N-dealkylation sites (tertiary alicyclic amines) is 1. The first-order valence-corrected chi connectivity index (χ1v) is 11.8. The summed E-state index contributed by atoms with van der Waals surface area (Å²) in [5, 5.41) is 7.15. The smallest absolute Gasteiger partial charge is 0.167 e. The summed E-state index contributed by atoms with van der Waals surface area (Å²) in [6.07, 6.45) is 5.81. The van der Waals surface area contributed by atoms with E-state index in [9.17, 15) is 9.59 Å². The molecule has 1 aromatic heterocycles. The van der Waals surface area contributed by atoms with Crippen LogP contribution in [0.1, 0.15) is 56.6 Å². The maximum atomic E-state index is 12.5. The number of carbonyl (C=O) groups is 2. The SMILES string of the molecule is CN1CCC(CCCOc2ccc3c(ccc4onc(C5CCC(=O)CC5=O)c43)c2)CC1. The molecule has 1 aliphatic heterocycles. The molecule has 1 aliphatic carbocycles. The van der Waals surface area contributed by atoms with E-state index in [0.717, 1.165) is 40.9 Å². The third kappa shape index (κ3) is 4.29. The monoisotopic (exact) mass is 434 g/mol. The van der Waals surface area contributed by atoms with Gasteiger partial charge in [0.2, 0.25) is 0 Å². The maximum absolute atomic E-state index is 12.5. The molecule has 0 radical (unpaired) electrons. The molecule has 6 nitrogen and oxygen atoms in total. The Morgan fingerprint density at radius 2 is 1.97 bits per heavy atom. The van der Waals surface area contributed by atoms with Crippen LogP contribution in [0.25, 0.3) is 21.7 Å². The van der Waals surface area contributed by atoms with Crippen molar-refractivity contribution >= 4 is 33.3 Å². The molecular weight excluding hydrogens is 404 g/mol. The van der Waals surface area contributed by atoms with Crippen LogP contribution in [0.4, 0.5) is 0 Å². The van der Waals surface area contributed by atoms with Gasteiger partial charge in [0.25, 0.3) is 0 Å². The van der Waals surface area contributed by atoms with Crippen molar-refractivity contribution in [3.8, 4) is 5.75 Å². The third-order valence-corrected chi connectivity index (χ3v) is 7.12. The number of hydrogen-bond acceptors (Lipinski definition) is 6. The summed E-state index contributed by atoms with van der Waals surface area (Å²) in [6, 6.07) is 9.97. The van der Waals surface area contributed by atoms with Crippen molar-refractivity contribution in [3.05, 3.63) is 36.0 Å². The number of ether oxygens (including phenoxy) is 1. The second-order valence-corrected chi connectivity index (χ2v) is 9.40. The van der Waals surface area contributed by atoms with Crippen LogP contribution in [0.15, 0.2) is 34.9 Å². The van der Waals surface area contributed by atoms with Gasteiger partial charge in [-0.05, 0) is 93.2 Å². The number of carbonyl (C=O) groups excluding carboxylic acids is 2. The van der Waals surface area contributed by atoms with Crippen LogP contribution >= 0.6 is 0 Å². The normalized spacial score (nSPS) is 21.0. The lowest BCUT2D eigenvalue weighted by Gasteiger charge is -2.28. The Hall–Kier alpha value is -2.73. The highest BCUT2D eigenvalue weighted by Gasteiger charge is 2.32. The van der Waals surface area contributed by atoms with E-state index in [0.29, 0.717) is 24.1 Å². The molecule has 3 aromatic rings. The fourth-order valence-corrected chi connectivity index (χ4v) is 5.17. The van der Waals surface area contributed by atoms with Crippen LogP contribution in [0.2, 0.25) is 0 Å². The van der Waals surface area contributed by atoms with Crippen molar-refractivity contribution < 1.29 is 18.8 Å². The number of hydrogen-bond donors (Lipinski definition) is 0. The number of nitrogens with zero attached hydrogens (tertiary/aromatic N) is 2. The van der Waals surface area contributed by atoms with Gasteiger partial charge >= 0.3 is 0 Å². The van der Waals surface area contributed by atoms with Crippen LogP contribution in [-0.4, -0.2) is 48.4 Å². The van der Waals surface area contributed by atoms with Gasteiger partial charge in [-0.1, -0.05) is 11.2 Å². The quantitative estimate of drug-likeness (QED) is 0.406. The summed E-state index contributed by atoms with van der Waals surface area (Å²) in [6.45, 7) is 3.14.